The summed E-state index contributed by atoms with van der Waals surface area (Å²) in [4.78, 5) is 75.1. The van der Waals surface area contributed by atoms with Crippen molar-refractivity contribution in [2.75, 3.05) is 20.0 Å². The number of carbonyl (C=O) groups excluding carboxylic acids is 6. The van der Waals surface area contributed by atoms with Crippen LogP contribution in [0.15, 0.2) is 0 Å². The molecule has 0 bridgehead atoms. The molecule has 8 atom stereocenters. The molecule has 0 saturated heterocycles. The molecule has 0 aromatic rings. The molecule has 80 heavy (non-hydrogen) atoms. The van der Waals surface area contributed by atoms with Crippen molar-refractivity contribution in [3.05, 3.63) is 0 Å². The molecule has 0 heterocycles. The van der Waals surface area contributed by atoms with Gasteiger partial charge < -0.3 is 28.4 Å². The average molecular weight is 1060 g/mol. The van der Waals surface area contributed by atoms with E-state index < -0.39 is 56.1 Å². The molecule has 4 aliphatic carbocycles. The maximum absolute atomic E-state index is 12.8. The molecule has 0 spiro atoms. The van der Waals surface area contributed by atoms with E-state index in [2.05, 4.69) is 203 Å². The van der Waals surface area contributed by atoms with Gasteiger partial charge >= 0.3 is 30.0 Å². The summed E-state index contributed by atoms with van der Waals surface area (Å²) < 4.78 is 31.5. The van der Waals surface area contributed by atoms with Crippen LogP contribution in [0.1, 0.15) is 118 Å². The zero-order valence-electron chi connectivity index (χ0n) is 45.3. The Kier molecular flexibility index (Phi) is 27.4. The van der Waals surface area contributed by atoms with Crippen LogP contribution in [0.25, 0.3) is 0 Å². The second-order valence-corrected chi connectivity index (χ2v) is 18.8. The summed E-state index contributed by atoms with van der Waals surface area (Å²) in [7, 11) is 0. The third-order valence-corrected chi connectivity index (χ3v) is 14.1. The van der Waals surface area contributed by atoms with Gasteiger partial charge in [-0.05, 0) is 292 Å². The Morgan fingerprint density at radius 2 is 0.912 bits per heavy atom. The molecule has 0 N–H and O–H groups in total. The lowest BCUT2D eigenvalue weighted by molar-refractivity contribution is -0.163. The van der Waals surface area contributed by atoms with E-state index in [1.54, 1.807) is 20.8 Å². The van der Waals surface area contributed by atoms with E-state index in [4.69, 9.17) is 28.4 Å². The van der Waals surface area contributed by atoms with Crippen molar-refractivity contribution in [3.63, 3.8) is 0 Å². The molecule has 4 fully saturated rings. The van der Waals surface area contributed by atoms with E-state index in [1.165, 1.54) is 0 Å². The Hall–Kier alpha value is -10.2. The summed E-state index contributed by atoms with van der Waals surface area (Å²) in [5.74, 6) is 77.2. The molecule has 12 nitrogen and oxygen atoms in total. The molecule has 0 radical (unpaired) electrons. The van der Waals surface area contributed by atoms with Gasteiger partial charge in [-0.1, -0.05) is 25.7 Å². The summed E-state index contributed by atoms with van der Waals surface area (Å²) in [6, 6.07) is 0. The van der Waals surface area contributed by atoms with Crippen LogP contribution in [0.5, 0.6) is 0 Å². The van der Waals surface area contributed by atoms with Gasteiger partial charge in [0.1, 0.15) is 25.1 Å². The quantitative estimate of drug-likeness (QED) is 0.0507. The molecule has 0 unspecified atom stereocenters. The summed E-state index contributed by atoms with van der Waals surface area (Å²) in [6.45, 7) is 8.10. The molecule has 4 saturated carbocycles. The van der Waals surface area contributed by atoms with Crippen LogP contribution in [0, 0.1) is 230 Å². The van der Waals surface area contributed by atoms with Gasteiger partial charge in [-0.3, -0.25) is 14.4 Å². The van der Waals surface area contributed by atoms with Crippen LogP contribution in [0.4, 0.5) is 4.79 Å². The first-order valence-corrected chi connectivity index (χ1v) is 25.7. The second kappa shape index (κ2) is 35.2. The van der Waals surface area contributed by atoms with E-state index in [0.29, 0.717) is 29.5 Å². The molecule has 0 aliphatic heterocycles. The number of ketones is 1. The van der Waals surface area contributed by atoms with Gasteiger partial charge in [0, 0.05) is 30.6 Å². The molecule has 4 aliphatic rings. The fourth-order valence-corrected chi connectivity index (χ4v) is 10.7. The van der Waals surface area contributed by atoms with Gasteiger partial charge in [-0.25, -0.2) is 14.4 Å². The smallest absolute Gasteiger partial charge is 0.455 e. The van der Waals surface area contributed by atoms with Crippen molar-refractivity contribution in [2.45, 2.75) is 130 Å². The van der Waals surface area contributed by atoms with Crippen molar-refractivity contribution >= 4 is 35.8 Å². The highest BCUT2D eigenvalue weighted by Crippen LogP contribution is 2.67. The van der Waals surface area contributed by atoms with Crippen LogP contribution >= 0.6 is 0 Å². The normalized spacial score (nSPS) is 20.9. The molecule has 0 aromatic heterocycles. The Bertz CT molecular complexity index is 3340. The number of Topliss-reactive ketones (excluding diaryl/α,β-unsaturated/α-hetero) is 1. The topological polar surface area (TPSA) is 158 Å². The SMILES string of the molecule is CC#CC#CC#CC#CC#CC#CC#CC#CC(=O)OCC(COC(=O)C#CC#CC#CC#CC#CC#CC#CC#CC)OC(=O)CCCCC(=O)OCOC(=O)O[C@@H]1CC[C@@]2(C)[C@@H](CC[C@@H]3[C@@H]2CC[C@]2(C)[C@@H](C(C)=O)CC[C@@H]32)C1. The first-order valence-electron chi connectivity index (χ1n) is 25.7. The minimum Gasteiger partial charge on any atom is -0.455 e. The Morgan fingerprint density at radius 1 is 0.475 bits per heavy atom. The van der Waals surface area contributed by atoms with Crippen LogP contribution < -0.4 is 0 Å². The summed E-state index contributed by atoms with van der Waals surface area (Å²) >= 11 is 0. The first-order chi connectivity index (χ1) is 38.8. The van der Waals surface area contributed by atoms with E-state index in [9.17, 15) is 28.8 Å². The summed E-state index contributed by atoms with van der Waals surface area (Å²) in [5, 5.41) is 0. The van der Waals surface area contributed by atoms with Gasteiger partial charge in [-0.15, -0.1) is 0 Å². The van der Waals surface area contributed by atoms with E-state index in [-0.39, 0.29) is 48.5 Å². The zero-order valence-corrected chi connectivity index (χ0v) is 45.3. The predicted octanol–water partition coefficient (Wildman–Crippen LogP) is 5.91. The fourth-order valence-electron chi connectivity index (χ4n) is 10.7. The molecule has 12 heteroatoms. The first kappa shape index (κ1) is 62.3. The maximum atomic E-state index is 12.8. The average Bonchev–Trinajstić information content (AvgIpc) is 3.95. The standard InChI is InChI=1S/C68H54O12/c1-6-8-10-12-14-16-18-20-22-24-26-28-30-32-34-38-62(70)75-51-57(52-76-63(71)39-35-33-31-29-27-25-23-21-19-17-15-13-11-9-7-2)79-65(73)41-37-36-40-64(72)77-53-78-66(74)80-56-46-48-67(4)55(50-56)42-43-58-60-45-44-59(54(3)69)68(60,5)49-47-61(58)67/h55-61H,36-37,40-53H2,1-5H3/t55-,56+,58-,59+,60-,61-,67-,68+/m0/s1. The van der Waals surface area contributed by atoms with E-state index in [1.807, 2.05) is 0 Å². The molecule has 0 aromatic carbocycles. The summed E-state index contributed by atoms with van der Waals surface area (Å²) in [5.41, 5.74) is 0.266. The lowest BCUT2D eigenvalue weighted by atomic mass is 9.44. The van der Waals surface area contributed by atoms with Crippen molar-refractivity contribution in [2.24, 2.45) is 40.4 Å². The van der Waals surface area contributed by atoms with E-state index in [0.717, 1.165) is 57.8 Å². The van der Waals surface area contributed by atoms with Gasteiger partial charge in [0.2, 0.25) is 6.79 Å². The van der Waals surface area contributed by atoms with Crippen LogP contribution in [-0.4, -0.2) is 68.0 Å². The Balaban J connectivity index is 1.20. The molecule has 4 rings (SSSR count). The highest BCUT2D eigenvalue weighted by Gasteiger charge is 2.61. The Labute approximate surface area is 471 Å². The fraction of sp³-hybridized carbons (Fsp3) is 0.441. The lowest BCUT2D eigenvalue weighted by Gasteiger charge is -2.61. The second-order valence-electron chi connectivity index (χ2n) is 18.8. The largest absolute Gasteiger partial charge is 0.511 e. The van der Waals surface area contributed by atoms with Crippen molar-refractivity contribution in [3.8, 4) is 189 Å². The highest BCUT2D eigenvalue weighted by atomic mass is 16.8. The number of esters is 4. The van der Waals surface area contributed by atoms with Crippen LogP contribution in [0.2, 0.25) is 0 Å². The minimum absolute atomic E-state index is 0.0976. The third-order valence-electron chi connectivity index (χ3n) is 14.1. The Morgan fingerprint density at radius 3 is 1.39 bits per heavy atom. The zero-order chi connectivity index (χ0) is 57.7. The highest BCUT2D eigenvalue weighted by molar-refractivity contribution is 5.89. The van der Waals surface area contributed by atoms with Crippen molar-refractivity contribution in [1.29, 1.82) is 0 Å². The number of hydrogen-bond donors (Lipinski definition) is 0. The molecule has 0 amide bonds. The third kappa shape index (κ3) is 22.2. The number of carbonyl (C=O) groups is 6. The number of ether oxygens (including phenoxy) is 6. The van der Waals surface area contributed by atoms with Gasteiger partial charge in [0.25, 0.3) is 0 Å². The maximum Gasteiger partial charge on any atom is 0.511 e. The molecular formula is C68H54O12. The van der Waals surface area contributed by atoms with Gasteiger partial charge in [0.15, 0.2) is 6.10 Å². The monoisotopic (exact) mass is 1060 g/mol. The van der Waals surface area contributed by atoms with Gasteiger partial charge in [-0.2, -0.15) is 0 Å². The predicted molar refractivity (Wildman–Crippen MR) is 294 cm³/mol. The van der Waals surface area contributed by atoms with Crippen LogP contribution in [0.3, 0.4) is 0 Å². The van der Waals surface area contributed by atoms with E-state index >= 15 is 0 Å². The summed E-state index contributed by atoms with van der Waals surface area (Å²) in [6.07, 6.45) is 6.68. The number of unbranched alkanes of at least 4 members (excludes halogenated alkanes) is 1. The van der Waals surface area contributed by atoms with Crippen molar-refractivity contribution < 1.29 is 57.2 Å². The molecule has 398 valence electrons. The van der Waals surface area contributed by atoms with Crippen LogP contribution in [-0.2, 0) is 52.4 Å². The lowest BCUT2D eigenvalue weighted by Crippen LogP contribution is -2.54. The van der Waals surface area contributed by atoms with Gasteiger partial charge in [0.05, 0.1) is 0 Å². The van der Waals surface area contributed by atoms with Crippen molar-refractivity contribution in [1.82, 2.24) is 0 Å². The molecular weight excluding hydrogens is 1010 g/mol. The number of rotatable bonds is 14. The number of hydrogen-bond acceptors (Lipinski definition) is 12. The number of fused-ring (bicyclic) bond motifs is 5. The minimum atomic E-state index is -1.28.